The lowest BCUT2D eigenvalue weighted by Gasteiger charge is -2.29. The summed E-state index contributed by atoms with van der Waals surface area (Å²) >= 11 is 0. The molecule has 1 N–H and O–H groups in total. The molecule has 0 spiro atoms. The lowest BCUT2D eigenvalue weighted by Crippen LogP contribution is -2.44. The molecule has 2 unspecified atom stereocenters. The Morgan fingerprint density at radius 3 is 2.62 bits per heavy atom. The van der Waals surface area contributed by atoms with Gasteiger partial charge in [0.05, 0.1) is 11.0 Å². The van der Waals surface area contributed by atoms with Crippen molar-refractivity contribution in [2.24, 2.45) is 0 Å². The number of nitrogens with one attached hydrogen (secondary N) is 1. The summed E-state index contributed by atoms with van der Waals surface area (Å²) in [5.41, 5.74) is -0.884. The van der Waals surface area contributed by atoms with Crippen LogP contribution in [0.1, 0.15) is 43.2 Å². The monoisotopic (exact) mass is 338 g/mol. The van der Waals surface area contributed by atoms with Crippen molar-refractivity contribution >= 4 is 5.91 Å². The molecular weight excluding hydrogens is 317 g/mol. The third-order valence-electron chi connectivity index (χ3n) is 5.71. The Morgan fingerprint density at radius 2 is 1.92 bits per heavy atom. The molecule has 0 aromatic heterocycles. The SMILES string of the molecule is O=C(N1CCC2CCC(C1)N2)C1(c2cccc(C(F)(F)F)c2)CC1. The van der Waals surface area contributed by atoms with E-state index in [1.165, 1.54) is 6.07 Å². The maximum absolute atomic E-state index is 13.1. The molecule has 2 atom stereocenters. The first-order valence-electron chi connectivity index (χ1n) is 8.62. The average molecular weight is 338 g/mol. The first-order chi connectivity index (χ1) is 11.4. The molecule has 2 bridgehead atoms. The van der Waals surface area contributed by atoms with Gasteiger partial charge in [0.2, 0.25) is 5.91 Å². The third-order valence-corrected chi connectivity index (χ3v) is 5.71. The Bertz CT molecular complexity index is 654. The molecule has 2 saturated heterocycles. The zero-order valence-electron chi connectivity index (χ0n) is 13.4. The van der Waals surface area contributed by atoms with Gasteiger partial charge in [0.1, 0.15) is 0 Å². The molecule has 1 aliphatic carbocycles. The number of likely N-dealkylation sites (tertiary alicyclic amines) is 1. The van der Waals surface area contributed by atoms with E-state index < -0.39 is 17.2 Å². The van der Waals surface area contributed by atoms with Crippen LogP contribution in [0.3, 0.4) is 0 Å². The van der Waals surface area contributed by atoms with Crippen LogP contribution in [0, 0.1) is 0 Å². The Kier molecular flexibility index (Phi) is 3.64. The number of carbonyl (C=O) groups is 1. The molecule has 3 aliphatic rings. The molecule has 0 radical (unpaired) electrons. The van der Waals surface area contributed by atoms with Crippen molar-refractivity contribution in [3.05, 3.63) is 35.4 Å². The van der Waals surface area contributed by atoms with Crippen LogP contribution >= 0.6 is 0 Å². The second kappa shape index (κ2) is 5.48. The number of benzene rings is 1. The molecule has 3 fully saturated rings. The molecule has 130 valence electrons. The Morgan fingerprint density at radius 1 is 1.17 bits per heavy atom. The normalized spacial score (nSPS) is 28.5. The molecule has 24 heavy (non-hydrogen) atoms. The maximum Gasteiger partial charge on any atom is 0.416 e. The van der Waals surface area contributed by atoms with Crippen molar-refractivity contribution in [3.63, 3.8) is 0 Å². The second-order valence-electron chi connectivity index (χ2n) is 7.34. The molecule has 6 heteroatoms. The van der Waals surface area contributed by atoms with Gasteiger partial charge in [-0.3, -0.25) is 4.79 Å². The highest BCUT2D eigenvalue weighted by Gasteiger charge is 2.54. The molecule has 2 aliphatic heterocycles. The van der Waals surface area contributed by atoms with E-state index in [0.29, 0.717) is 43.6 Å². The summed E-state index contributed by atoms with van der Waals surface area (Å²) in [5, 5.41) is 3.54. The van der Waals surface area contributed by atoms with Crippen molar-refractivity contribution < 1.29 is 18.0 Å². The first kappa shape index (κ1) is 15.9. The highest BCUT2D eigenvalue weighted by atomic mass is 19.4. The molecule has 4 rings (SSSR count). The molecule has 3 nitrogen and oxygen atoms in total. The number of carbonyl (C=O) groups excluding carboxylic acids is 1. The molecule has 1 aromatic rings. The van der Waals surface area contributed by atoms with Gasteiger partial charge in [0, 0.05) is 25.2 Å². The number of hydrogen-bond acceptors (Lipinski definition) is 2. The lowest BCUT2D eigenvalue weighted by atomic mass is 9.92. The largest absolute Gasteiger partial charge is 0.416 e. The van der Waals surface area contributed by atoms with E-state index >= 15 is 0 Å². The van der Waals surface area contributed by atoms with E-state index in [9.17, 15) is 18.0 Å². The van der Waals surface area contributed by atoms with Gasteiger partial charge < -0.3 is 10.2 Å². The van der Waals surface area contributed by atoms with Crippen LogP contribution in [0.5, 0.6) is 0 Å². The van der Waals surface area contributed by atoms with Crippen LogP contribution in [-0.4, -0.2) is 36.0 Å². The summed E-state index contributed by atoms with van der Waals surface area (Å²) < 4.78 is 39.0. The zero-order chi connectivity index (χ0) is 16.9. The summed E-state index contributed by atoms with van der Waals surface area (Å²) in [4.78, 5) is 15.0. The Hall–Kier alpha value is -1.56. The predicted molar refractivity (Wildman–Crippen MR) is 83.5 cm³/mol. The van der Waals surface area contributed by atoms with E-state index in [0.717, 1.165) is 31.4 Å². The van der Waals surface area contributed by atoms with Gasteiger partial charge in [-0.2, -0.15) is 13.2 Å². The average Bonchev–Trinajstić information content (AvgIpc) is 3.26. The Labute approximate surface area is 139 Å². The fourth-order valence-electron chi connectivity index (χ4n) is 4.17. The third kappa shape index (κ3) is 2.70. The highest BCUT2D eigenvalue weighted by Crippen LogP contribution is 2.50. The summed E-state index contributed by atoms with van der Waals surface area (Å²) in [6.07, 6.45) is 0.0779. The van der Waals surface area contributed by atoms with Gasteiger partial charge in [-0.15, -0.1) is 0 Å². The van der Waals surface area contributed by atoms with E-state index in [4.69, 9.17) is 0 Å². The van der Waals surface area contributed by atoms with Crippen LogP contribution in [0.2, 0.25) is 0 Å². The van der Waals surface area contributed by atoms with Gasteiger partial charge in [-0.05, 0) is 43.7 Å². The van der Waals surface area contributed by atoms with Crippen molar-refractivity contribution in [2.45, 2.75) is 55.8 Å². The summed E-state index contributed by atoms with van der Waals surface area (Å²) in [5.74, 6) is 0.0103. The van der Waals surface area contributed by atoms with Crippen molar-refractivity contribution in [3.8, 4) is 0 Å². The fourth-order valence-corrected chi connectivity index (χ4v) is 4.17. The number of nitrogens with zero attached hydrogens (tertiary/aromatic N) is 1. The van der Waals surface area contributed by atoms with E-state index in [1.807, 2.05) is 4.90 Å². The van der Waals surface area contributed by atoms with Gasteiger partial charge in [0.25, 0.3) is 0 Å². The second-order valence-corrected chi connectivity index (χ2v) is 7.34. The van der Waals surface area contributed by atoms with Crippen LogP contribution in [0.4, 0.5) is 13.2 Å². The van der Waals surface area contributed by atoms with Gasteiger partial charge in [-0.1, -0.05) is 18.2 Å². The smallest absolute Gasteiger partial charge is 0.340 e. The molecular formula is C18H21F3N2O. The highest BCUT2D eigenvalue weighted by molar-refractivity contribution is 5.91. The number of hydrogen-bond donors (Lipinski definition) is 1. The minimum Gasteiger partial charge on any atom is -0.340 e. The summed E-state index contributed by atoms with van der Waals surface area (Å²) in [6, 6.07) is 6.13. The molecule has 2 heterocycles. The van der Waals surface area contributed by atoms with E-state index in [1.54, 1.807) is 6.07 Å². The van der Waals surface area contributed by atoms with E-state index in [-0.39, 0.29) is 5.91 Å². The van der Waals surface area contributed by atoms with Gasteiger partial charge in [-0.25, -0.2) is 0 Å². The lowest BCUT2D eigenvalue weighted by molar-refractivity contribution is -0.138. The minimum absolute atomic E-state index is 0.0103. The predicted octanol–water partition coefficient (Wildman–Crippen LogP) is 3.09. The van der Waals surface area contributed by atoms with Crippen molar-refractivity contribution in [1.82, 2.24) is 10.2 Å². The number of halogens is 3. The maximum atomic E-state index is 13.1. The summed E-state index contributed by atoms with van der Waals surface area (Å²) in [7, 11) is 0. The molecule has 1 saturated carbocycles. The van der Waals surface area contributed by atoms with Gasteiger partial charge >= 0.3 is 6.18 Å². The standard InChI is InChI=1S/C18H21F3N2O/c19-18(20,21)13-3-1-2-12(10-13)17(7-8-17)16(24)23-9-6-14-4-5-15(11-23)22-14/h1-3,10,14-15,22H,4-9,11H2. The van der Waals surface area contributed by atoms with Crippen LogP contribution in [-0.2, 0) is 16.4 Å². The number of fused-ring (bicyclic) bond motifs is 2. The number of amides is 1. The van der Waals surface area contributed by atoms with E-state index in [2.05, 4.69) is 5.32 Å². The van der Waals surface area contributed by atoms with Crippen molar-refractivity contribution in [1.29, 1.82) is 0 Å². The number of alkyl halides is 3. The topological polar surface area (TPSA) is 32.3 Å². The zero-order valence-corrected chi connectivity index (χ0v) is 13.4. The van der Waals surface area contributed by atoms with Crippen LogP contribution in [0.15, 0.2) is 24.3 Å². The first-order valence-corrected chi connectivity index (χ1v) is 8.62. The minimum atomic E-state index is -4.37. The quantitative estimate of drug-likeness (QED) is 0.899. The summed E-state index contributed by atoms with van der Waals surface area (Å²) in [6.45, 7) is 1.38. The van der Waals surface area contributed by atoms with Crippen molar-refractivity contribution in [2.75, 3.05) is 13.1 Å². The van der Waals surface area contributed by atoms with Crippen LogP contribution < -0.4 is 5.32 Å². The molecule has 1 aromatic carbocycles. The van der Waals surface area contributed by atoms with Crippen LogP contribution in [0.25, 0.3) is 0 Å². The Balaban J connectivity index is 1.58. The van der Waals surface area contributed by atoms with Gasteiger partial charge in [0.15, 0.2) is 0 Å². The number of rotatable bonds is 2. The molecule has 1 amide bonds. The fraction of sp³-hybridized carbons (Fsp3) is 0.611.